The summed E-state index contributed by atoms with van der Waals surface area (Å²) in [6.45, 7) is 2.46. The van der Waals surface area contributed by atoms with E-state index in [4.69, 9.17) is 27.9 Å². The van der Waals surface area contributed by atoms with E-state index in [1.54, 1.807) is 18.2 Å². The molecule has 0 radical (unpaired) electrons. The Balaban J connectivity index is 1.70. The van der Waals surface area contributed by atoms with Crippen molar-refractivity contribution in [2.24, 2.45) is 5.10 Å². The molecule has 0 aliphatic heterocycles. The molecule has 0 atom stereocenters. The van der Waals surface area contributed by atoms with Crippen LogP contribution in [0.15, 0.2) is 46.0 Å². The number of nitrogens with one attached hydrogen (secondary N) is 1. The van der Waals surface area contributed by atoms with E-state index in [1.807, 2.05) is 25.1 Å². The van der Waals surface area contributed by atoms with Gasteiger partial charge in [0.15, 0.2) is 0 Å². The number of carbonyl (C=O) groups is 1. The number of carbonyl (C=O) groups excluding carboxylic acids is 1. The van der Waals surface area contributed by atoms with E-state index in [1.165, 1.54) is 6.21 Å². The molecule has 0 aromatic heterocycles. The lowest BCUT2D eigenvalue weighted by atomic mass is 10.2. The van der Waals surface area contributed by atoms with Crippen molar-refractivity contribution in [1.29, 1.82) is 0 Å². The molecular formula is C18H17BrCl2N2O2. The molecule has 0 heterocycles. The zero-order chi connectivity index (χ0) is 18.2. The number of ether oxygens (including phenoxy) is 1. The predicted octanol–water partition coefficient (Wildman–Crippen LogP) is 5.37. The summed E-state index contributed by atoms with van der Waals surface area (Å²) in [5.74, 6) is 0.589. The van der Waals surface area contributed by atoms with Gasteiger partial charge in [-0.25, -0.2) is 5.43 Å². The molecule has 7 heteroatoms. The fourth-order valence-electron chi connectivity index (χ4n) is 1.97. The molecule has 2 rings (SSSR count). The zero-order valence-corrected chi connectivity index (χ0v) is 16.7. The normalized spacial score (nSPS) is 10.9. The Morgan fingerprint density at radius 1 is 1.24 bits per heavy atom. The summed E-state index contributed by atoms with van der Waals surface area (Å²) in [4.78, 5) is 11.7. The number of aryl methyl sites for hydroxylation is 1. The third-order valence-electron chi connectivity index (χ3n) is 3.24. The number of hydrazone groups is 1. The second kappa shape index (κ2) is 9.80. The van der Waals surface area contributed by atoms with Crippen molar-refractivity contribution in [3.05, 3.63) is 62.0 Å². The smallest absolute Gasteiger partial charge is 0.240 e. The molecule has 0 bridgehead atoms. The highest BCUT2D eigenvalue weighted by molar-refractivity contribution is 9.10. The minimum absolute atomic E-state index is 0.178. The Bertz CT molecular complexity index is 782. The average Bonchev–Trinajstić information content (AvgIpc) is 2.56. The lowest BCUT2D eigenvalue weighted by Crippen LogP contribution is -2.18. The molecule has 0 spiro atoms. The van der Waals surface area contributed by atoms with Crippen LogP contribution in [0.2, 0.25) is 10.0 Å². The van der Waals surface area contributed by atoms with E-state index in [0.29, 0.717) is 29.5 Å². The van der Waals surface area contributed by atoms with Gasteiger partial charge in [0.25, 0.3) is 0 Å². The Morgan fingerprint density at radius 2 is 2.04 bits per heavy atom. The van der Waals surface area contributed by atoms with Crippen LogP contribution in [0.1, 0.15) is 24.0 Å². The highest BCUT2D eigenvalue weighted by atomic mass is 79.9. The van der Waals surface area contributed by atoms with Crippen LogP contribution in [0.3, 0.4) is 0 Å². The number of hydrogen-bond acceptors (Lipinski definition) is 3. The maximum absolute atomic E-state index is 11.7. The van der Waals surface area contributed by atoms with Gasteiger partial charge in [-0.2, -0.15) is 5.10 Å². The molecule has 2 aromatic carbocycles. The standard InChI is InChI=1S/C18H17BrCl2N2O2/c1-12-4-7-17(14(19)9-12)25-8-2-3-18(24)23-22-11-13-5-6-15(20)16(21)10-13/h4-7,9-11H,2-3,8H2,1H3,(H,23,24)/b22-11+. The molecule has 4 nitrogen and oxygen atoms in total. The monoisotopic (exact) mass is 442 g/mol. The van der Waals surface area contributed by atoms with Crippen LogP contribution in [0.4, 0.5) is 0 Å². The lowest BCUT2D eigenvalue weighted by Gasteiger charge is -2.08. The highest BCUT2D eigenvalue weighted by Gasteiger charge is 2.03. The van der Waals surface area contributed by atoms with E-state index >= 15 is 0 Å². The second-order valence-electron chi connectivity index (χ2n) is 5.35. The van der Waals surface area contributed by atoms with Gasteiger partial charge in [-0.15, -0.1) is 0 Å². The van der Waals surface area contributed by atoms with Crippen molar-refractivity contribution in [2.75, 3.05) is 6.61 Å². The molecule has 0 saturated carbocycles. The van der Waals surface area contributed by atoms with Gasteiger partial charge < -0.3 is 4.74 Å². The summed E-state index contributed by atoms with van der Waals surface area (Å²) in [5, 5.41) is 4.81. The lowest BCUT2D eigenvalue weighted by molar-refractivity contribution is -0.121. The number of amides is 1. The predicted molar refractivity (Wildman–Crippen MR) is 106 cm³/mol. The van der Waals surface area contributed by atoms with E-state index in [-0.39, 0.29) is 5.91 Å². The third-order valence-corrected chi connectivity index (χ3v) is 4.60. The first kappa shape index (κ1) is 19.8. The number of hydrogen-bond donors (Lipinski definition) is 1. The van der Waals surface area contributed by atoms with Gasteiger partial charge in [0.05, 0.1) is 27.3 Å². The molecule has 0 unspecified atom stereocenters. The molecular weight excluding hydrogens is 427 g/mol. The Hall–Kier alpha value is -1.56. The molecule has 25 heavy (non-hydrogen) atoms. The molecule has 1 N–H and O–H groups in total. The van der Waals surface area contributed by atoms with Crippen molar-refractivity contribution >= 4 is 51.3 Å². The summed E-state index contributed by atoms with van der Waals surface area (Å²) in [5.41, 5.74) is 4.38. The van der Waals surface area contributed by atoms with Crippen LogP contribution < -0.4 is 10.2 Å². The molecule has 2 aromatic rings. The Morgan fingerprint density at radius 3 is 2.76 bits per heavy atom. The van der Waals surface area contributed by atoms with E-state index < -0.39 is 0 Å². The van der Waals surface area contributed by atoms with Crippen LogP contribution in [0.25, 0.3) is 0 Å². The van der Waals surface area contributed by atoms with Crippen molar-refractivity contribution in [1.82, 2.24) is 5.43 Å². The maximum Gasteiger partial charge on any atom is 0.240 e. The minimum atomic E-state index is -0.178. The van der Waals surface area contributed by atoms with E-state index in [9.17, 15) is 4.79 Å². The van der Waals surface area contributed by atoms with E-state index in [2.05, 4.69) is 26.5 Å². The van der Waals surface area contributed by atoms with Crippen LogP contribution in [-0.4, -0.2) is 18.7 Å². The summed E-state index contributed by atoms with van der Waals surface area (Å²) in [6, 6.07) is 11.0. The van der Waals surface area contributed by atoms with Crippen molar-refractivity contribution < 1.29 is 9.53 Å². The summed E-state index contributed by atoms with van der Waals surface area (Å²) < 4.78 is 6.55. The largest absolute Gasteiger partial charge is 0.492 e. The highest BCUT2D eigenvalue weighted by Crippen LogP contribution is 2.25. The molecule has 1 amide bonds. The number of rotatable bonds is 7. The van der Waals surface area contributed by atoms with Gasteiger partial charge in [0, 0.05) is 6.42 Å². The number of halogens is 3. The Labute approximate surface area is 165 Å². The third kappa shape index (κ3) is 6.69. The van der Waals surface area contributed by atoms with Gasteiger partial charge in [0.1, 0.15) is 5.75 Å². The van der Waals surface area contributed by atoms with Crippen molar-refractivity contribution in [2.45, 2.75) is 19.8 Å². The molecule has 0 saturated heterocycles. The van der Waals surface area contributed by atoms with Gasteiger partial charge in [-0.1, -0.05) is 35.3 Å². The fourth-order valence-corrected chi connectivity index (χ4v) is 2.88. The first-order valence-electron chi connectivity index (χ1n) is 7.61. The molecule has 0 aliphatic carbocycles. The quantitative estimate of drug-likeness (QED) is 0.355. The van der Waals surface area contributed by atoms with Gasteiger partial charge >= 0.3 is 0 Å². The number of nitrogens with zero attached hydrogens (tertiary/aromatic N) is 1. The molecule has 0 fully saturated rings. The SMILES string of the molecule is Cc1ccc(OCCCC(=O)N/N=C/c2ccc(Cl)c(Cl)c2)c(Br)c1. The topological polar surface area (TPSA) is 50.7 Å². The second-order valence-corrected chi connectivity index (χ2v) is 7.02. The summed E-state index contributed by atoms with van der Waals surface area (Å²) in [6.07, 6.45) is 2.43. The average molecular weight is 444 g/mol. The minimum Gasteiger partial charge on any atom is -0.492 e. The van der Waals surface area contributed by atoms with Crippen LogP contribution in [-0.2, 0) is 4.79 Å². The Kier molecular flexibility index (Phi) is 7.75. The first-order chi connectivity index (χ1) is 12.0. The first-order valence-corrected chi connectivity index (χ1v) is 9.16. The van der Waals surface area contributed by atoms with Crippen LogP contribution in [0, 0.1) is 6.92 Å². The summed E-state index contributed by atoms with van der Waals surface area (Å²) in [7, 11) is 0. The van der Waals surface area contributed by atoms with Crippen molar-refractivity contribution in [3.8, 4) is 5.75 Å². The maximum atomic E-state index is 11.7. The van der Waals surface area contributed by atoms with Crippen LogP contribution >= 0.6 is 39.1 Å². The van der Waals surface area contributed by atoms with Crippen molar-refractivity contribution in [3.63, 3.8) is 0 Å². The van der Waals surface area contributed by atoms with Gasteiger partial charge in [-0.05, 0) is 64.7 Å². The van der Waals surface area contributed by atoms with Gasteiger partial charge in [-0.3, -0.25) is 4.79 Å². The van der Waals surface area contributed by atoms with E-state index in [0.717, 1.165) is 21.3 Å². The summed E-state index contributed by atoms with van der Waals surface area (Å²) >= 11 is 15.2. The number of benzene rings is 2. The zero-order valence-electron chi connectivity index (χ0n) is 13.6. The van der Waals surface area contributed by atoms with Crippen LogP contribution in [0.5, 0.6) is 5.75 Å². The fraction of sp³-hybridized carbons (Fsp3) is 0.222. The molecule has 0 aliphatic rings. The molecule has 132 valence electrons. The van der Waals surface area contributed by atoms with Gasteiger partial charge in [0.2, 0.25) is 5.91 Å².